The van der Waals surface area contributed by atoms with E-state index in [1.807, 2.05) is 6.08 Å². The minimum atomic E-state index is -0.883. The van der Waals surface area contributed by atoms with Gasteiger partial charge in [-0.05, 0) is 109 Å². The van der Waals surface area contributed by atoms with Gasteiger partial charge in [0.25, 0.3) is 0 Å². The molecule has 0 rings (SSSR count). The van der Waals surface area contributed by atoms with E-state index in [0.717, 1.165) is 96.3 Å². The molecule has 0 spiro atoms. The fourth-order valence-corrected chi connectivity index (χ4v) is 9.58. The van der Waals surface area contributed by atoms with E-state index in [-0.39, 0.29) is 12.5 Å². The molecule has 0 saturated heterocycles. The molecule has 0 aromatic carbocycles. The van der Waals surface area contributed by atoms with Crippen LogP contribution in [0.25, 0.3) is 0 Å². The lowest BCUT2D eigenvalue weighted by atomic mass is 10.0. The Bertz CT molecular complexity index is 1550. The van der Waals surface area contributed by atoms with Crippen LogP contribution in [-0.2, 0) is 4.79 Å². The monoisotopic (exact) mass is 1080 g/mol. The smallest absolute Gasteiger partial charge is 0.220 e. The summed E-state index contributed by atoms with van der Waals surface area (Å²) in [5.41, 5.74) is 0. The van der Waals surface area contributed by atoms with Crippen molar-refractivity contribution < 1.29 is 15.0 Å². The molecule has 0 radical (unpaired) electrons. The van der Waals surface area contributed by atoms with Crippen LogP contribution in [0.15, 0.2) is 134 Å². The van der Waals surface area contributed by atoms with Gasteiger partial charge in [0.2, 0.25) is 5.91 Å². The zero-order chi connectivity index (χ0) is 56.2. The molecule has 0 aliphatic rings. The second kappa shape index (κ2) is 67.8. The van der Waals surface area contributed by atoms with Crippen LogP contribution in [0, 0.1) is 0 Å². The number of aliphatic hydroxyl groups is 2. The van der Waals surface area contributed by atoms with Gasteiger partial charge in [0.15, 0.2) is 0 Å². The van der Waals surface area contributed by atoms with Crippen molar-refractivity contribution in [1.29, 1.82) is 0 Å². The molecule has 3 N–H and O–H groups in total. The fraction of sp³-hybridized carbons (Fsp3) is 0.689. The highest BCUT2D eigenvalue weighted by molar-refractivity contribution is 5.76. The fourth-order valence-electron chi connectivity index (χ4n) is 9.58. The van der Waals surface area contributed by atoms with Crippen LogP contribution in [0.2, 0.25) is 0 Å². The molecule has 0 heterocycles. The summed E-state index contributed by atoms with van der Waals surface area (Å²) in [6, 6.07) is -0.659. The van der Waals surface area contributed by atoms with E-state index in [1.54, 1.807) is 6.08 Å². The number of aliphatic hydroxyl groups excluding tert-OH is 2. The second-order valence-electron chi connectivity index (χ2n) is 22.1. The largest absolute Gasteiger partial charge is 0.394 e. The van der Waals surface area contributed by atoms with Crippen LogP contribution in [0.5, 0.6) is 0 Å². The van der Waals surface area contributed by atoms with E-state index in [2.05, 4.69) is 141 Å². The first kappa shape index (κ1) is 74.5. The Kier molecular flexibility index (Phi) is 64.8. The average molecular weight is 1080 g/mol. The molecule has 4 heteroatoms. The first-order valence-electron chi connectivity index (χ1n) is 33.4. The van der Waals surface area contributed by atoms with Crippen molar-refractivity contribution in [2.45, 2.75) is 321 Å². The lowest BCUT2D eigenvalue weighted by molar-refractivity contribution is -0.123. The third-order valence-corrected chi connectivity index (χ3v) is 14.6. The number of amides is 1. The van der Waals surface area contributed by atoms with Crippen LogP contribution in [0.1, 0.15) is 309 Å². The Morgan fingerprint density at radius 1 is 0.321 bits per heavy atom. The van der Waals surface area contributed by atoms with E-state index < -0.39 is 12.1 Å². The summed E-state index contributed by atoms with van der Waals surface area (Å²) >= 11 is 0. The van der Waals surface area contributed by atoms with Gasteiger partial charge < -0.3 is 15.5 Å². The van der Waals surface area contributed by atoms with Crippen LogP contribution < -0.4 is 5.32 Å². The molecule has 0 aliphatic heterocycles. The van der Waals surface area contributed by atoms with Crippen molar-refractivity contribution in [3.05, 3.63) is 134 Å². The number of allylic oxidation sites excluding steroid dienone is 21. The minimum absolute atomic E-state index is 0.0856. The summed E-state index contributed by atoms with van der Waals surface area (Å²) in [5.74, 6) is -0.0856. The first-order chi connectivity index (χ1) is 38.7. The lowest BCUT2D eigenvalue weighted by Gasteiger charge is -2.19. The van der Waals surface area contributed by atoms with Gasteiger partial charge in [0.05, 0.1) is 18.8 Å². The highest BCUT2D eigenvalue weighted by atomic mass is 16.3. The summed E-state index contributed by atoms with van der Waals surface area (Å²) in [6.45, 7) is 4.19. The number of unbranched alkanes of at least 4 members (excludes halogenated alkanes) is 33. The summed E-state index contributed by atoms with van der Waals surface area (Å²) in [4.78, 5) is 12.5. The molecule has 0 saturated carbocycles. The number of carbonyl (C=O) groups excluding carboxylic acids is 1. The molecule has 2 unspecified atom stereocenters. The van der Waals surface area contributed by atoms with Gasteiger partial charge >= 0.3 is 0 Å². The van der Waals surface area contributed by atoms with Crippen molar-refractivity contribution in [1.82, 2.24) is 5.32 Å². The Balaban J connectivity index is 3.60. The normalized spacial score (nSPS) is 13.6. The molecule has 4 nitrogen and oxygen atoms in total. The van der Waals surface area contributed by atoms with Crippen molar-refractivity contribution in [2.75, 3.05) is 6.61 Å². The Morgan fingerprint density at radius 2 is 0.577 bits per heavy atom. The maximum Gasteiger partial charge on any atom is 0.220 e. The standard InChI is InChI=1S/C74H127NO3/c1-3-5-7-9-11-13-15-17-19-21-23-25-27-29-31-33-35-36-37-38-40-42-44-46-48-50-52-54-56-58-60-62-64-66-68-70-74(78)75-72(71-76)73(77)69-67-65-63-61-59-57-55-53-51-49-47-45-43-41-39-34-32-30-28-26-24-22-20-18-16-14-12-10-8-6-4-2/h5,7,11,13,17,19,23,25,29,31,35-36,38,40,44,46,51,53,59,61,67,69,72-73,76-77H,3-4,6,8-10,12,14-16,18,20-22,24,26-28,30,32-34,37,39,41-43,45,47-50,52,54-58,60,62-66,68,70-71H2,1-2H3,(H,75,78)/b7-5-,13-11-,19-17-,25-23-,31-29-,36-35-,40-38-,46-44-,53-51+,61-59+,69-67+. The second-order valence-corrected chi connectivity index (χ2v) is 22.1. The number of rotatable bonds is 60. The molecule has 446 valence electrons. The van der Waals surface area contributed by atoms with Gasteiger partial charge in [-0.1, -0.05) is 327 Å². The van der Waals surface area contributed by atoms with Gasteiger partial charge in [-0.2, -0.15) is 0 Å². The van der Waals surface area contributed by atoms with Gasteiger partial charge in [0, 0.05) is 6.42 Å². The van der Waals surface area contributed by atoms with Crippen LogP contribution >= 0.6 is 0 Å². The van der Waals surface area contributed by atoms with E-state index in [0.29, 0.717) is 6.42 Å². The van der Waals surface area contributed by atoms with Crippen LogP contribution in [-0.4, -0.2) is 34.9 Å². The lowest BCUT2D eigenvalue weighted by Crippen LogP contribution is -2.45. The van der Waals surface area contributed by atoms with Crippen molar-refractivity contribution in [2.24, 2.45) is 0 Å². The topological polar surface area (TPSA) is 69.6 Å². The summed E-state index contributed by atoms with van der Waals surface area (Å²) in [7, 11) is 0. The number of carbonyl (C=O) groups is 1. The summed E-state index contributed by atoms with van der Waals surface area (Å²) < 4.78 is 0. The molecule has 0 bridgehead atoms. The van der Waals surface area contributed by atoms with Crippen molar-refractivity contribution in [3.8, 4) is 0 Å². The Morgan fingerprint density at radius 3 is 0.897 bits per heavy atom. The van der Waals surface area contributed by atoms with Gasteiger partial charge in [-0.15, -0.1) is 0 Å². The highest BCUT2D eigenvalue weighted by Gasteiger charge is 2.18. The Hall–Kier alpha value is -3.47. The zero-order valence-electron chi connectivity index (χ0n) is 51.4. The highest BCUT2D eigenvalue weighted by Crippen LogP contribution is 2.17. The number of hydrogen-bond acceptors (Lipinski definition) is 3. The minimum Gasteiger partial charge on any atom is -0.394 e. The summed E-state index contributed by atoms with van der Waals surface area (Å²) in [6.07, 6.45) is 105. The van der Waals surface area contributed by atoms with Crippen molar-refractivity contribution >= 4 is 5.91 Å². The molecular weight excluding hydrogens is 951 g/mol. The summed E-state index contributed by atoms with van der Waals surface area (Å²) in [5, 5.41) is 23.2. The third-order valence-electron chi connectivity index (χ3n) is 14.6. The predicted octanol–water partition coefficient (Wildman–Crippen LogP) is 22.9. The molecule has 2 atom stereocenters. The van der Waals surface area contributed by atoms with Gasteiger partial charge in [-0.3, -0.25) is 4.79 Å². The van der Waals surface area contributed by atoms with Crippen LogP contribution in [0.3, 0.4) is 0 Å². The van der Waals surface area contributed by atoms with Crippen LogP contribution in [0.4, 0.5) is 0 Å². The van der Waals surface area contributed by atoms with E-state index >= 15 is 0 Å². The quantitative estimate of drug-likeness (QED) is 0.0420. The zero-order valence-corrected chi connectivity index (χ0v) is 51.4. The maximum absolute atomic E-state index is 12.5. The number of hydrogen-bond donors (Lipinski definition) is 3. The number of nitrogens with one attached hydrogen (secondary N) is 1. The maximum atomic E-state index is 12.5. The first-order valence-corrected chi connectivity index (χ1v) is 33.4. The molecule has 0 aromatic rings. The molecular formula is C74H127NO3. The van der Waals surface area contributed by atoms with E-state index in [4.69, 9.17) is 0 Å². The molecule has 0 fully saturated rings. The SMILES string of the molecule is CC/C=C\C/C=C\C/C=C\C/C=C\C/C=C\C/C=C\C/C=C\C/C=C\CCCCCCCCCCCCC(=O)NC(CO)C(O)/C=C/CC/C=C/CC/C=C/CCCCCCCCCCCCCCCCCCCCCCC. The van der Waals surface area contributed by atoms with Crippen molar-refractivity contribution in [3.63, 3.8) is 0 Å². The Labute approximate surface area is 485 Å². The van der Waals surface area contributed by atoms with Gasteiger partial charge in [-0.25, -0.2) is 0 Å². The van der Waals surface area contributed by atoms with Gasteiger partial charge in [0.1, 0.15) is 0 Å². The molecule has 0 aliphatic carbocycles. The van der Waals surface area contributed by atoms with E-state index in [1.165, 1.54) is 193 Å². The molecule has 0 aromatic heterocycles. The third kappa shape index (κ3) is 63.4. The average Bonchev–Trinajstić information content (AvgIpc) is 3.44. The van der Waals surface area contributed by atoms with E-state index in [9.17, 15) is 15.0 Å². The predicted molar refractivity (Wildman–Crippen MR) is 349 cm³/mol. The molecule has 78 heavy (non-hydrogen) atoms. The molecule has 1 amide bonds.